The van der Waals surface area contributed by atoms with Crippen molar-refractivity contribution in [3.8, 4) is 12.3 Å². The number of rotatable bonds is 6. The van der Waals surface area contributed by atoms with Gasteiger partial charge in [0.2, 0.25) is 0 Å². The van der Waals surface area contributed by atoms with Gasteiger partial charge in [0.05, 0.1) is 6.10 Å². The largest absolute Gasteiger partial charge is 0.387 e. The summed E-state index contributed by atoms with van der Waals surface area (Å²) in [6.07, 6.45) is 5.46. The van der Waals surface area contributed by atoms with E-state index in [-0.39, 0.29) is 18.2 Å². The fourth-order valence-electron chi connectivity index (χ4n) is 1.66. The molecular formula is C14H17F2NO. The van der Waals surface area contributed by atoms with Crippen LogP contribution in [-0.4, -0.2) is 17.7 Å². The summed E-state index contributed by atoms with van der Waals surface area (Å²) in [6, 6.07) is 3.10. The summed E-state index contributed by atoms with van der Waals surface area (Å²) < 4.78 is 26.4. The Morgan fingerprint density at radius 2 is 2.17 bits per heavy atom. The summed E-state index contributed by atoms with van der Waals surface area (Å²) in [5.74, 6) is 1.34. The van der Waals surface area contributed by atoms with Crippen molar-refractivity contribution in [3.05, 3.63) is 35.4 Å². The zero-order chi connectivity index (χ0) is 13.5. The maximum atomic E-state index is 13.4. The topological polar surface area (TPSA) is 32.3 Å². The fourth-order valence-corrected chi connectivity index (χ4v) is 1.66. The van der Waals surface area contributed by atoms with Crippen molar-refractivity contribution >= 4 is 0 Å². The van der Waals surface area contributed by atoms with Crippen molar-refractivity contribution in [2.24, 2.45) is 0 Å². The van der Waals surface area contributed by atoms with Crippen molar-refractivity contribution in [1.82, 2.24) is 5.32 Å². The molecule has 0 heterocycles. The van der Waals surface area contributed by atoms with E-state index in [2.05, 4.69) is 11.2 Å². The minimum Gasteiger partial charge on any atom is -0.387 e. The zero-order valence-corrected chi connectivity index (χ0v) is 10.3. The number of aliphatic hydroxyl groups excluding tert-OH is 1. The maximum absolute atomic E-state index is 13.4. The minimum atomic E-state index is -1.09. The molecule has 0 spiro atoms. The Morgan fingerprint density at radius 1 is 1.44 bits per heavy atom. The van der Waals surface area contributed by atoms with E-state index < -0.39 is 17.7 Å². The van der Waals surface area contributed by atoms with Gasteiger partial charge in [-0.05, 0) is 24.6 Å². The van der Waals surface area contributed by atoms with Gasteiger partial charge in [0.1, 0.15) is 11.6 Å². The molecule has 0 radical (unpaired) electrons. The van der Waals surface area contributed by atoms with Gasteiger partial charge in [0.25, 0.3) is 0 Å². The quantitative estimate of drug-likeness (QED) is 0.763. The fraction of sp³-hybridized carbons (Fsp3) is 0.429. The molecule has 0 aromatic heterocycles. The van der Waals surface area contributed by atoms with E-state index in [0.29, 0.717) is 6.42 Å². The molecule has 0 aliphatic heterocycles. The third-order valence-electron chi connectivity index (χ3n) is 2.77. The Hall–Kier alpha value is -1.44. The van der Waals surface area contributed by atoms with Gasteiger partial charge in [-0.15, -0.1) is 12.3 Å². The summed E-state index contributed by atoms with van der Waals surface area (Å²) in [7, 11) is 0. The first kappa shape index (κ1) is 14.6. The van der Waals surface area contributed by atoms with E-state index in [0.717, 1.165) is 24.6 Å². The zero-order valence-electron chi connectivity index (χ0n) is 10.3. The Balaban J connectivity index is 2.62. The molecule has 0 amide bonds. The lowest BCUT2D eigenvalue weighted by molar-refractivity contribution is 0.164. The van der Waals surface area contributed by atoms with Gasteiger partial charge in [-0.2, -0.15) is 0 Å². The second-order valence-electron chi connectivity index (χ2n) is 4.10. The number of terminal acetylenes is 1. The van der Waals surface area contributed by atoms with Crippen LogP contribution in [0.1, 0.15) is 31.4 Å². The van der Waals surface area contributed by atoms with Crippen LogP contribution in [0.25, 0.3) is 0 Å². The van der Waals surface area contributed by atoms with Gasteiger partial charge >= 0.3 is 0 Å². The van der Waals surface area contributed by atoms with Crippen molar-refractivity contribution in [3.63, 3.8) is 0 Å². The van der Waals surface area contributed by atoms with Gasteiger partial charge in [-0.25, -0.2) is 8.78 Å². The van der Waals surface area contributed by atoms with E-state index in [1.807, 2.05) is 6.92 Å². The highest BCUT2D eigenvalue weighted by molar-refractivity contribution is 5.21. The Kier molecular flexibility index (Phi) is 5.76. The molecule has 0 aliphatic carbocycles. The summed E-state index contributed by atoms with van der Waals surface area (Å²) in [5.41, 5.74) is -0.0435. The molecule has 2 N–H and O–H groups in total. The lowest BCUT2D eigenvalue weighted by Gasteiger charge is -2.18. The lowest BCUT2D eigenvalue weighted by Crippen LogP contribution is -2.32. The molecule has 0 bridgehead atoms. The highest BCUT2D eigenvalue weighted by atomic mass is 19.1. The van der Waals surface area contributed by atoms with Gasteiger partial charge in [-0.1, -0.05) is 6.92 Å². The smallest absolute Gasteiger partial charge is 0.129 e. The maximum Gasteiger partial charge on any atom is 0.129 e. The van der Waals surface area contributed by atoms with Crippen LogP contribution in [-0.2, 0) is 0 Å². The second kappa shape index (κ2) is 7.10. The van der Waals surface area contributed by atoms with Crippen molar-refractivity contribution in [2.45, 2.75) is 31.9 Å². The number of nitrogens with one attached hydrogen (secondary N) is 1. The van der Waals surface area contributed by atoms with Crippen LogP contribution in [0.15, 0.2) is 18.2 Å². The van der Waals surface area contributed by atoms with E-state index in [1.165, 1.54) is 0 Å². The Morgan fingerprint density at radius 3 is 2.78 bits per heavy atom. The first-order chi connectivity index (χ1) is 8.58. The molecule has 2 atom stereocenters. The molecule has 0 saturated carbocycles. The summed E-state index contributed by atoms with van der Waals surface area (Å²) >= 11 is 0. The molecule has 18 heavy (non-hydrogen) atoms. The van der Waals surface area contributed by atoms with Crippen LogP contribution in [0.2, 0.25) is 0 Å². The summed E-state index contributed by atoms with van der Waals surface area (Å²) in [6.45, 7) is 2.10. The first-order valence-electron chi connectivity index (χ1n) is 5.88. The number of halogens is 2. The second-order valence-corrected chi connectivity index (χ2v) is 4.10. The van der Waals surface area contributed by atoms with Crippen molar-refractivity contribution in [2.75, 3.05) is 6.54 Å². The van der Waals surface area contributed by atoms with Crippen LogP contribution in [0.4, 0.5) is 8.78 Å². The predicted molar refractivity (Wildman–Crippen MR) is 66.8 cm³/mol. The molecule has 2 nitrogen and oxygen atoms in total. The van der Waals surface area contributed by atoms with E-state index in [4.69, 9.17) is 6.42 Å². The Bertz CT molecular complexity index is 428. The molecule has 98 valence electrons. The number of hydrogen-bond acceptors (Lipinski definition) is 2. The predicted octanol–water partition coefficient (Wildman–Crippen LogP) is 2.39. The number of aliphatic hydroxyl groups is 1. The third kappa shape index (κ3) is 4.10. The van der Waals surface area contributed by atoms with Gasteiger partial charge < -0.3 is 10.4 Å². The number of hydrogen-bond donors (Lipinski definition) is 2. The molecule has 1 aromatic carbocycles. The monoisotopic (exact) mass is 253 g/mol. The highest BCUT2D eigenvalue weighted by Crippen LogP contribution is 2.18. The van der Waals surface area contributed by atoms with E-state index in [1.54, 1.807) is 0 Å². The van der Waals surface area contributed by atoms with E-state index >= 15 is 0 Å². The van der Waals surface area contributed by atoms with Gasteiger partial charge in [0.15, 0.2) is 0 Å². The standard InChI is InChI=1S/C14H17F2NO/c1-3-5-11(4-2)17-9-14(18)12-8-10(15)6-7-13(12)16/h1,6-8,11,14,17-18H,4-5,9H2,2H3. The molecule has 0 saturated heterocycles. The van der Waals surface area contributed by atoms with E-state index in [9.17, 15) is 13.9 Å². The Labute approximate surface area is 106 Å². The van der Waals surface area contributed by atoms with Crippen LogP contribution in [0, 0.1) is 24.0 Å². The third-order valence-corrected chi connectivity index (χ3v) is 2.77. The lowest BCUT2D eigenvalue weighted by atomic mass is 10.1. The van der Waals surface area contributed by atoms with Crippen molar-refractivity contribution < 1.29 is 13.9 Å². The molecule has 0 fully saturated rings. The summed E-state index contributed by atoms with van der Waals surface area (Å²) in [5, 5.41) is 12.9. The molecule has 1 rings (SSSR count). The molecule has 0 aliphatic rings. The first-order valence-corrected chi connectivity index (χ1v) is 5.88. The molecule has 2 unspecified atom stereocenters. The molecular weight excluding hydrogens is 236 g/mol. The van der Waals surface area contributed by atoms with Gasteiger partial charge in [0, 0.05) is 24.6 Å². The van der Waals surface area contributed by atoms with Crippen LogP contribution >= 0.6 is 0 Å². The van der Waals surface area contributed by atoms with Crippen LogP contribution in [0.5, 0.6) is 0 Å². The average Bonchev–Trinajstić information content (AvgIpc) is 2.37. The van der Waals surface area contributed by atoms with Gasteiger partial charge in [-0.3, -0.25) is 0 Å². The minimum absolute atomic E-state index is 0.0435. The average molecular weight is 253 g/mol. The SMILES string of the molecule is C#CCC(CC)NCC(O)c1cc(F)ccc1F. The number of benzene rings is 1. The molecule has 4 heteroatoms. The highest BCUT2D eigenvalue weighted by Gasteiger charge is 2.15. The molecule has 1 aromatic rings. The normalized spacial score (nSPS) is 13.9. The van der Waals surface area contributed by atoms with Crippen LogP contribution < -0.4 is 5.32 Å². The van der Waals surface area contributed by atoms with Crippen LogP contribution in [0.3, 0.4) is 0 Å². The summed E-state index contributed by atoms with van der Waals surface area (Å²) in [4.78, 5) is 0. The van der Waals surface area contributed by atoms with Crippen molar-refractivity contribution in [1.29, 1.82) is 0 Å².